The van der Waals surface area contributed by atoms with Crippen molar-refractivity contribution in [2.45, 2.75) is 142 Å². The minimum atomic E-state index is -2.57. The highest BCUT2D eigenvalue weighted by Gasteiger charge is 2.58. The predicted molar refractivity (Wildman–Crippen MR) is 135 cm³/mol. The molecule has 0 radical (unpaired) electrons. The van der Waals surface area contributed by atoms with Crippen LogP contribution in [0.1, 0.15) is 124 Å². The van der Waals surface area contributed by atoms with E-state index in [-0.39, 0.29) is 31.8 Å². The Morgan fingerprint density at radius 1 is 0.912 bits per heavy atom. The maximum atomic E-state index is 13.5. The molecule has 0 aliphatic heterocycles. The number of aliphatic hydroxyl groups is 2. The molecule has 0 aromatic heterocycles. The van der Waals surface area contributed by atoms with Crippen LogP contribution in [-0.4, -0.2) is 27.8 Å². The second kappa shape index (κ2) is 9.77. The molecule has 5 rings (SSSR count). The molecule has 0 bridgehead atoms. The number of alkyl halides is 2. The highest BCUT2D eigenvalue weighted by Crippen LogP contribution is 2.66. The predicted octanol–water partition coefficient (Wildman–Crippen LogP) is 8.06. The fourth-order valence-corrected chi connectivity index (χ4v) is 9.23. The van der Waals surface area contributed by atoms with Crippen LogP contribution in [-0.2, 0) is 0 Å². The lowest BCUT2D eigenvalue weighted by molar-refractivity contribution is -0.107. The van der Waals surface area contributed by atoms with Crippen LogP contribution in [0.15, 0.2) is 11.6 Å². The van der Waals surface area contributed by atoms with Crippen LogP contribution in [0.25, 0.3) is 0 Å². The summed E-state index contributed by atoms with van der Waals surface area (Å²) in [4.78, 5) is 0. The number of fused-ring (bicyclic) bond motifs is 5. The van der Waals surface area contributed by atoms with Gasteiger partial charge >= 0.3 is 0 Å². The van der Waals surface area contributed by atoms with Crippen LogP contribution in [0.3, 0.4) is 0 Å². The summed E-state index contributed by atoms with van der Waals surface area (Å²) in [7, 11) is 0. The van der Waals surface area contributed by atoms with Gasteiger partial charge in [-0.2, -0.15) is 0 Å². The smallest absolute Gasteiger partial charge is 0.248 e. The van der Waals surface area contributed by atoms with Crippen molar-refractivity contribution in [1.29, 1.82) is 0 Å². The van der Waals surface area contributed by atoms with Gasteiger partial charge in [0.15, 0.2) is 0 Å². The maximum absolute atomic E-state index is 13.5. The first-order valence-electron chi connectivity index (χ1n) is 14.5. The van der Waals surface area contributed by atoms with E-state index in [0.717, 1.165) is 49.9 Å². The number of hydrogen-bond donors (Lipinski definition) is 2. The molecule has 4 saturated carbocycles. The molecule has 4 fully saturated rings. The molecule has 5 aliphatic rings. The van der Waals surface area contributed by atoms with Crippen molar-refractivity contribution in [2.24, 2.45) is 34.5 Å². The molecule has 0 aromatic rings. The van der Waals surface area contributed by atoms with Gasteiger partial charge in [-0.25, -0.2) is 8.78 Å². The molecule has 7 atom stereocenters. The standard InChI is InChI=1S/C28H44F2O2.C2H6/c1-25-13-10-24-22(7-5-20-18-21(31)9-12-26(20,24)2)23(25)8-6-19(25)4-3-11-27(32)14-16-28(29,30)17-15-27;1-2/h5,19,21-24,31-32H,3-4,6-18H2,1-2H3;1-2H3. The summed E-state index contributed by atoms with van der Waals surface area (Å²) in [5.41, 5.74) is 1.39. The van der Waals surface area contributed by atoms with Crippen molar-refractivity contribution in [3.8, 4) is 0 Å². The summed E-state index contributed by atoms with van der Waals surface area (Å²) in [5, 5.41) is 21.0. The van der Waals surface area contributed by atoms with Gasteiger partial charge < -0.3 is 10.2 Å². The minimum Gasteiger partial charge on any atom is -0.393 e. The Bertz CT molecular complexity index is 738. The van der Waals surface area contributed by atoms with E-state index in [2.05, 4.69) is 19.9 Å². The van der Waals surface area contributed by atoms with Crippen molar-refractivity contribution >= 4 is 0 Å². The lowest BCUT2D eigenvalue weighted by atomic mass is 9.47. The minimum absolute atomic E-state index is 0.138. The fraction of sp³-hybridized carbons (Fsp3) is 0.933. The van der Waals surface area contributed by atoms with Crippen LogP contribution < -0.4 is 0 Å². The van der Waals surface area contributed by atoms with E-state index < -0.39 is 11.5 Å². The third-order valence-corrected chi connectivity index (χ3v) is 11.4. The van der Waals surface area contributed by atoms with Gasteiger partial charge in [-0.15, -0.1) is 0 Å². The summed E-state index contributed by atoms with van der Waals surface area (Å²) >= 11 is 0. The Hall–Kier alpha value is -0.480. The van der Waals surface area contributed by atoms with Gasteiger partial charge in [-0.1, -0.05) is 45.8 Å². The number of hydrogen-bond acceptors (Lipinski definition) is 2. The Kier molecular flexibility index (Phi) is 7.63. The van der Waals surface area contributed by atoms with Crippen LogP contribution >= 0.6 is 0 Å². The van der Waals surface area contributed by atoms with Gasteiger partial charge in [0.05, 0.1) is 11.7 Å². The first kappa shape index (κ1) is 26.6. The van der Waals surface area contributed by atoms with E-state index >= 15 is 0 Å². The van der Waals surface area contributed by atoms with Crippen LogP contribution in [0.5, 0.6) is 0 Å². The first-order chi connectivity index (χ1) is 16.0. The molecule has 0 aromatic carbocycles. The summed E-state index contributed by atoms with van der Waals surface area (Å²) in [6.45, 7) is 9.04. The zero-order valence-corrected chi connectivity index (χ0v) is 22.2. The van der Waals surface area contributed by atoms with Crippen LogP contribution in [0.2, 0.25) is 0 Å². The molecular formula is C30H50F2O2. The van der Waals surface area contributed by atoms with E-state index in [0.29, 0.717) is 23.2 Å². The molecule has 196 valence electrons. The molecule has 7 unspecified atom stereocenters. The fourth-order valence-electron chi connectivity index (χ4n) is 9.23. The Morgan fingerprint density at radius 2 is 1.62 bits per heavy atom. The van der Waals surface area contributed by atoms with Crippen molar-refractivity contribution < 1.29 is 19.0 Å². The molecule has 0 spiro atoms. The third kappa shape index (κ3) is 4.76. The molecule has 2 N–H and O–H groups in total. The van der Waals surface area contributed by atoms with Gasteiger partial charge in [0.2, 0.25) is 5.92 Å². The van der Waals surface area contributed by atoms with E-state index in [1.165, 1.54) is 32.1 Å². The monoisotopic (exact) mass is 480 g/mol. The quantitative estimate of drug-likeness (QED) is 0.399. The molecular weight excluding hydrogens is 430 g/mol. The molecule has 34 heavy (non-hydrogen) atoms. The zero-order chi connectivity index (χ0) is 24.8. The van der Waals surface area contributed by atoms with Gasteiger partial charge in [-0.05, 0) is 112 Å². The largest absolute Gasteiger partial charge is 0.393 e. The Morgan fingerprint density at radius 3 is 2.32 bits per heavy atom. The van der Waals surface area contributed by atoms with Crippen molar-refractivity contribution in [1.82, 2.24) is 0 Å². The molecule has 0 amide bonds. The Labute approximate surface area is 207 Å². The van der Waals surface area contributed by atoms with E-state index in [1.807, 2.05) is 13.8 Å². The lowest BCUT2D eigenvalue weighted by Crippen LogP contribution is -2.50. The molecule has 0 saturated heterocycles. The first-order valence-corrected chi connectivity index (χ1v) is 14.5. The van der Waals surface area contributed by atoms with Crippen LogP contribution in [0.4, 0.5) is 8.78 Å². The molecule has 4 heteroatoms. The molecule has 0 heterocycles. The second-order valence-electron chi connectivity index (χ2n) is 12.9. The summed E-state index contributed by atoms with van der Waals surface area (Å²) < 4.78 is 27.0. The van der Waals surface area contributed by atoms with Crippen molar-refractivity contribution in [3.63, 3.8) is 0 Å². The highest BCUT2D eigenvalue weighted by atomic mass is 19.3. The summed E-state index contributed by atoms with van der Waals surface area (Å²) in [6, 6.07) is 0. The van der Waals surface area contributed by atoms with Gasteiger partial charge in [0.1, 0.15) is 0 Å². The van der Waals surface area contributed by atoms with Gasteiger partial charge in [0, 0.05) is 12.8 Å². The van der Waals surface area contributed by atoms with Crippen molar-refractivity contribution in [3.05, 3.63) is 11.6 Å². The SMILES string of the molecule is CC.CC12CCC(O)CC1=CCC1C2CCC2(C)C(CCCC3(O)CCC(F)(F)CC3)CCC12. The molecule has 2 nitrogen and oxygen atoms in total. The number of aliphatic hydroxyl groups excluding tert-OH is 1. The van der Waals surface area contributed by atoms with E-state index in [4.69, 9.17) is 0 Å². The second-order valence-corrected chi connectivity index (χ2v) is 12.9. The number of allylic oxidation sites excluding steroid dienone is 1. The topological polar surface area (TPSA) is 40.5 Å². The summed E-state index contributed by atoms with van der Waals surface area (Å²) in [6.07, 6.45) is 14.8. The van der Waals surface area contributed by atoms with Crippen molar-refractivity contribution in [2.75, 3.05) is 0 Å². The summed E-state index contributed by atoms with van der Waals surface area (Å²) in [5.74, 6) is 0.500. The molecule has 5 aliphatic carbocycles. The maximum Gasteiger partial charge on any atom is 0.248 e. The zero-order valence-electron chi connectivity index (χ0n) is 22.2. The van der Waals surface area contributed by atoms with E-state index in [1.54, 1.807) is 5.57 Å². The van der Waals surface area contributed by atoms with Gasteiger partial charge in [0.25, 0.3) is 0 Å². The highest BCUT2D eigenvalue weighted by molar-refractivity contribution is 5.25. The lowest BCUT2D eigenvalue weighted by Gasteiger charge is -2.58. The van der Waals surface area contributed by atoms with Gasteiger partial charge in [-0.3, -0.25) is 0 Å². The number of halogens is 2. The van der Waals surface area contributed by atoms with Crippen LogP contribution in [0, 0.1) is 34.5 Å². The normalized spacial score (nSPS) is 44.6. The third-order valence-electron chi connectivity index (χ3n) is 11.4. The number of rotatable bonds is 4. The average Bonchev–Trinajstić information content (AvgIpc) is 3.14. The Balaban J connectivity index is 0.00000133. The van der Waals surface area contributed by atoms with E-state index in [9.17, 15) is 19.0 Å². The average molecular weight is 481 g/mol.